The lowest BCUT2D eigenvalue weighted by molar-refractivity contribution is 0.0670. The molecule has 0 radical (unpaired) electrons. The number of halogens is 2. The Hall–Kier alpha value is -0.440. The molecule has 0 saturated heterocycles. The van der Waals surface area contributed by atoms with Gasteiger partial charge in [-0.25, -0.2) is 0 Å². The summed E-state index contributed by atoms with van der Waals surface area (Å²) in [6.45, 7) is 2.91. The Balaban J connectivity index is 2.07. The molecule has 112 valence electrons. The monoisotopic (exact) mass is 315 g/mol. The van der Waals surface area contributed by atoms with Crippen LogP contribution >= 0.6 is 23.2 Å². The lowest BCUT2D eigenvalue weighted by atomic mass is 9.78. The van der Waals surface area contributed by atoms with E-state index in [-0.39, 0.29) is 6.10 Å². The van der Waals surface area contributed by atoms with Gasteiger partial charge in [-0.2, -0.15) is 0 Å². The number of hydrogen-bond acceptors (Lipinski definition) is 2. The predicted octanol–water partition coefficient (Wildman–Crippen LogP) is 4.92. The Morgan fingerprint density at radius 2 is 2.10 bits per heavy atom. The lowest BCUT2D eigenvalue weighted by Gasteiger charge is -2.36. The average molecular weight is 316 g/mol. The first-order chi connectivity index (χ1) is 9.63. The van der Waals surface area contributed by atoms with Crippen molar-refractivity contribution >= 4 is 23.2 Å². The third-order valence-electron chi connectivity index (χ3n) is 4.21. The van der Waals surface area contributed by atoms with Crippen molar-refractivity contribution in [1.29, 1.82) is 0 Å². The van der Waals surface area contributed by atoms with E-state index < -0.39 is 0 Å². The van der Waals surface area contributed by atoms with Crippen LogP contribution in [0.15, 0.2) is 18.2 Å². The molecule has 3 unspecified atom stereocenters. The summed E-state index contributed by atoms with van der Waals surface area (Å²) in [4.78, 5) is 0. The maximum Gasteiger partial charge on any atom is 0.138 e. The minimum absolute atomic E-state index is 0.170. The number of ether oxygens (including phenoxy) is 1. The SMILES string of the molecule is CCCC1CCC(CN)C(Oc2ccc(Cl)cc2Cl)C1. The Kier molecular flexibility index (Phi) is 6.01. The molecule has 0 aromatic heterocycles. The van der Waals surface area contributed by atoms with E-state index in [1.807, 2.05) is 12.1 Å². The van der Waals surface area contributed by atoms with Crippen LogP contribution in [0, 0.1) is 11.8 Å². The molecule has 1 saturated carbocycles. The zero-order valence-corrected chi connectivity index (χ0v) is 13.5. The molecule has 1 aliphatic carbocycles. The molecule has 0 aliphatic heterocycles. The van der Waals surface area contributed by atoms with Gasteiger partial charge >= 0.3 is 0 Å². The fraction of sp³-hybridized carbons (Fsp3) is 0.625. The van der Waals surface area contributed by atoms with E-state index in [1.165, 1.54) is 19.3 Å². The maximum atomic E-state index is 6.20. The minimum atomic E-state index is 0.170. The highest BCUT2D eigenvalue weighted by Gasteiger charge is 2.31. The van der Waals surface area contributed by atoms with E-state index in [2.05, 4.69) is 6.92 Å². The molecule has 1 aromatic carbocycles. The average Bonchev–Trinajstić information content (AvgIpc) is 2.43. The van der Waals surface area contributed by atoms with Crippen LogP contribution in [0.1, 0.15) is 39.0 Å². The number of benzene rings is 1. The molecular formula is C16H23Cl2NO. The molecule has 0 spiro atoms. The Bertz CT molecular complexity index is 438. The first-order valence-electron chi connectivity index (χ1n) is 7.45. The second-order valence-electron chi connectivity index (χ2n) is 5.69. The van der Waals surface area contributed by atoms with Crippen LogP contribution < -0.4 is 10.5 Å². The molecule has 3 atom stereocenters. The van der Waals surface area contributed by atoms with Gasteiger partial charge in [-0.1, -0.05) is 43.0 Å². The van der Waals surface area contributed by atoms with Gasteiger partial charge in [0.25, 0.3) is 0 Å². The summed E-state index contributed by atoms with van der Waals surface area (Å²) in [7, 11) is 0. The van der Waals surface area contributed by atoms with Crippen LogP contribution in [0.4, 0.5) is 0 Å². The smallest absolute Gasteiger partial charge is 0.138 e. The van der Waals surface area contributed by atoms with Crippen molar-refractivity contribution in [2.24, 2.45) is 17.6 Å². The van der Waals surface area contributed by atoms with Gasteiger partial charge in [0.15, 0.2) is 0 Å². The van der Waals surface area contributed by atoms with Gasteiger partial charge in [-0.3, -0.25) is 0 Å². The van der Waals surface area contributed by atoms with E-state index in [0.29, 0.717) is 22.5 Å². The van der Waals surface area contributed by atoms with Crippen LogP contribution in [0.3, 0.4) is 0 Å². The van der Waals surface area contributed by atoms with E-state index in [9.17, 15) is 0 Å². The molecule has 0 heterocycles. The first kappa shape index (κ1) is 15.9. The summed E-state index contributed by atoms with van der Waals surface area (Å²) in [6, 6.07) is 5.39. The summed E-state index contributed by atoms with van der Waals surface area (Å²) >= 11 is 12.1. The van der Waals surface area contributed by atoms with Gasteiger partial charge in [0.1, 0.15) is 11.9 Å². The van der Waals surface area contributed by atoms with Crippen LogP contribution in [0.25, 0.3) is 0 Å². The van der Waals surface area contributed by atoms with E-state index in [4.69, 9.17) is 33.7 Å². The molecule has 0 amide bonds. The fourth-order valence-electron chi connectivity index (χ4n) is 3.09. The molecule has 1 aliphatic rings. The van der Waals surface area contributed by atoms with E-state index in [1.54, 1.807) is 6.07 Å². The number of rotatable bonds is 5. The normalized spacial score (nSPS) is 26.5. The van der Waals surface area contributed by atoms with Crippen molar-refractivity contribution in [2.75, 3.05) is 6.54 Å². The Labute approximate surface area is 131 Å². The third-order valence-corrected chi connectivity index (χ3v) is 4.74. The summed E-state index contributed by atoms with van der Waals surface area (Å²) in [5.41, 5.74) is 5.89. The van der Waals surface area contributed by atoms with Crippen LogP contribution in [0.5, 0.6) is 5.75 Å². The third kappa shape index (κ3) is 4.03. The second kappa shape index (κ2) is 7.53. The van der Waals surface area contributed by atoms with Gasteiger partial charge in [0, 0.05) is 10.9 Å². The molecule has 4 heteroatoms. The molecule has 2 nitrogen and oxygen atoms in total. The van der Waals surface area contributed by atoms with Crippen molar-refractivity contribution < 1.29 is 4.74 Å². The van der Waals surface area contributed by atoms with Gasteiger partial charge in [-0.05, 0) is 49.9 Å². The fourth-order valence-corrected chi connectivity index (χ4v) is 3.55. The highest BCUT2D eigenvalue weighted by Crippen LogP contribution is 2.36. The maximum absolute atomic E-state index is 6.20. The zero-order chi connectivity index (χ0) is 14.5. The molecular weight excluding hydrogens is 293 g/mol. The highest BCUT2D eigenvalue weighted by atomic mass is 35.5. The number of hydrogen-bond donors (Lipinski definition) is 1. The molecule has 0 bridgehead atoms. The van der Waals surface area contributed by atoms with Gasteiger partial charge in [-0.15, -0.1) is 0 Å². The van der Waals surface area contributed by atoms with E-state index >= 15 is 0 Å². The molecule has 2 N–H and O–H groups in total. The summed E-state index contributed by atoms with van der Waals surface area (Å²) < 4.78 is 6.15. The van der Waals surface area contributed by atoms with Crippen molar-refractivity contribution in [3.63, 3.8) is 0 Å². The quantitative estimate of drug-likeness (QED) is 0.837. The zero-order valence-electron chi connectivity index (χ0n) is 11.9. The van der Waals surface area contributed by atoms with Crippen LogP contribution in [0.2, 0.25) is 10.0 Å². The van der Waals surface area contributed by atoms with Crippen molar-refractivity contribution in [3.05, 3.63) is 28.2 Å². The first-order valence-corrected chi connectivity index (χ1v) is 8.21. The highest BCUT2D eigenvalue weighted by molar-refractivity contribution is 6.35. The second-order valence-corrected chi connectivity index (χ2v) is 6.54. The topological polar surface area (TPSA) is 35.2 Å². The molecule has 1 aromatic rings. The van der Waals surface area contributed by atoms with E-state index in [0.717, 1.165) is 24.5 Å². The summed E-state index contributed by atoms with van der Waals surface area (Å²) in [6.07, 6.45) is 6.16. The largest absolute Gasteiger partial charge is 0.489 e. The number of nitrogens with two attached hydrogens (primary N) is 1. The molecule has 1 fully saturated rings. The Morgan fingerprint density at radius 1 is 1.30 bits per heavy atom. The van der Waals surface area contributed by atoms with Gasteiger partial charge in [0.2, 0.25) is 0 Å². The van der Waals surface area contributed by atoms with Crippen molar-refractivity contribution in [3.8, 4) is 5.75 Å². The Morgan fingerprint density at radius 3 is 2.75 bits per heavy atom. The standard InChI is InChI=1S/C16H23Cl2NO/c1-2-3-11-4-5-12(10-19)16(8-11)20-15-7-6-13(17)9-14(15)18/h6-7,9,11-12,16H,2-5,8,10,19H2,1H3. The predicted molar refractivity (Wildman–Crippen MR) is 85.7 cm³/mol. The minimum Gasteiger partial charge on any atom is -0.489 e. The summed E-state index contributed by atoms with van der Waals surface area (Å²) in [5.74, 6) is 1.89. The van der Waals surface area contributed by atoms with Crippen LogP contribution in [-0.2, 0) is 0 Å². The van der Waals surface area contributed by atoms with Gasteiger partial charge in [0.05, 0.1) is 5.02 Å². The van der Waals surface area contributed by atoms with Crippen LogP contribution in [-0.4, -0.2) is 12.6 Å². The van der Waals surface area contributed by atoms with Crippen molar-refractivity contribution in [2.45, 2.75) is 45.1 Å². The lowest BCUT2D eigenvalue weighted by Crippen LogP contribution is -2.38. The van der Waals surface area contributed by atoms with Gasteiger partial charge < -0.3 is 10.5 Å². The molecule has 20 heavy (non-hydrogen) atoms. The summed E-state index contributed by atoms with van der Waals surface area (Å²) in [5, 5.41) is 1.20. The van der Waals surface area contributed by atoms with Crippen molar-refractivity contribution in [1.82, 2.24) is 0 Å². The molecule has 2 rings (SSSR count).